The number of nitrogens with zero attached hydrogens (tertiary/aromatic N) is 2. The van der Waals surface area contributed by atoms with Gasteiger partial charge in [0.1, 0.15) is 30.2 Å². The van der Waals surface area contributed by atoms with Gasteiger partial charge in [0.05, 0.1) is 19.8 Å². The minimum Gasteiger partial charge on any atom is -0.457 e. The van der Waals surface area contributed by atoms with Gasteiger partial charge >= 0.3 is 27.3 Å². The second-order valence-electron chi connectivity index (χ2n) is 15.6. The maximum Gasteiger partial charge on any atom is 0.481 e. The summed E-state index contributed by atoms with van der Waals surface area (Å²) in [5.74, 6) is -0.611. The van der Waals surface area contributed by atoms with Gasteiger partial charge in [-0.2, -0.15) is 9.29 Å². The number of carbonyl (C=O) groups is 1. The average molecular weight is 884 g/mol. The lowest BCUT2D eigenvalue weighted by atomic mass is 10.1. The van der Waals surface area contributed by atoms with Crippen molar-refractivity contribution in [3.8, 4) is 0 Å². The van der Waals surface area contributed by atoms with Crippen LogP contribution < -0.4 is 11.4 Å². The normalized spacial score (nSPS) is 20.6. The van der Waals surface area contributed by atoms with Gasteiger partial charge in [0.15, 0.2) is 6.23 Å². The molecule has 344 valence electrons. The van der Waals surface area contributed by atoms with Gasteiger partial charge in [-0.15, -0.1) is 0 Å². The number of aliphatic hydroxyl groups is 2. The Hall–Kier alpha value is -1.75. The molecule has 19 heteroatoms. The molecule has 1 aliphatic heterocycles. The number of rotatable bonds is 37. The highest BCUT2D eigenvalue weighted by molar-refractivity contribution is 7.61. The number of nitrogens with two attached hydrogens (primary N) is 1. The summed E-state index contributed by atoms with van der Waals surface area (Å²) < 4.78 is 57.2. The van der Waals surface area contributed by atoms with Crippen LogP contribution in [0, 0.1) is 0 Å². The molecule has 3 unspecified atom stereocenters. The van der Waals surface area contributed by atoms with E-state index in [9.17, 15) is 38.7 Å². The van der Waals surface area contributed by atoms with Crippen molar-refractivity contribution in [1.82, 2.24) is 9.55 Å². The van der Waals surface area contributed by atoms with Gasteiger partial charge in [0, 0.05) is 19.2 Å². The van der Waals surface area contributed by atoms with E-state index in [0.29, 0.717) is 13.0 Å². The van der Waals surface area contributed by atoms with Crippen LogP contribution in [-0.2, 0) is 41.5 Å². The molecule has 0 radical (unpaired) electrons. The van der Waals surface area contributed by atoms with Gasteiger partial charge in [-0.25, -0.2) is 13.9 Å². The van der Waals surface area contributed by atoms with E-state index in [0.717, 1.165) is 49.5 Å². The zero-order valence-electron chi connectivity index (χ0n) is 35.6. The Morgan fingerprint density at radius 2 is 1.25 bits per heavy atom. The standard InChI is InChI=1S/C40H75N3O14P2/c1-3-5-7-9-11-13-15-17-19-21-23-25-29-52-30-33(55-36(44)26-24-22-20-18-16-14-12-10-8-6-4-2)31-53-58(48,49)57-59(50,51)54-32-34-37(45)38(46)39(56-34)43-28-27-35(41)42-40(43)47/h27-28,33-34,37-39,45-46H,3-26,29-32H2,1-2H3,(H,48,49)(H,50,51)(H2,41,42,47)/t33?,34-,37-,38+,39-/m1/s1. The van der Waals surface area contributed by atoms with Crippen molar-refractivity contribution in [2.45, 2.75) is 199 Å². The third-order valence-corrected chi connectivity index (χ3v) is 12.8. The zero-order chi connectivity index (χ0) is 43.4. The summed E-state index contributed by atoms with van der Waals surface area (Å²) in [6.45, 7) is 3.09. The van der Waals surface area contributed by atoms with Gasteiger partial charge in [-0.3, -0.25) is 18.4 Å². The maximum atomic E-state index is 12.8. The van der Waals surface area contributed by atoms with Crippen LogP contribution in [-0.4, -0.2) is 86.4 Å². The summed E-state index contributed by atoms with van der Waals surface area (Å²) in [4.78, 5) is 49.0. The second-order valence-corrected chi connectivity index (χ2v) is 18.6. The Morgan fingerprint density at radius 1 is 0.763 bits per heavy atom. The van der Waals surface area contributed by atoms with Crippen molar-refractivity contribution in [2.75, 3.05) is 32.2 Å². The molecule has 1 saturated heterocycles. The third kappa shape index (κ3) is 24.5. The molecule has 1 aromatic rings. The molecule has 59 heavy (non-hydrogen) atoms. The SMILES string of the molecule is CCCCCCCCCCCCCCOCC(COP(=O)(O)OP(=O)(O)OC[C@H]1O[C@@H](n2ccc(N)nc2=O)[C@@H](O)[C@@H]1O)OC(=O)CCCCCCCCCCCCC. The van der Waals surface area contributed by atoms with Gasteiger partial charge < -0.3 is 39.9 Å². The fourth-order valence-electron chi connectivity index (χ4n) is 6.79. The molecule has 1 fully saturated rings. The largest absolute Gasteiger partial charge is 0.481 e. The lowest BCUT2D eigenvalue weighted by Gasteiger charge is -2.21. The molecular formula is C40H75N3O14P2. The van der Waals surface area contributed by atoms with Crippen LogP contribution in [0.3, 0.4) is 0 Å². The molecule has 17 nitrogen and oxygen atoms in total. The number of anilines is 1. The van der Waals surface area contributed by atoms with E-state index < -0.39 is 71.2 Å². The van der Waals surface area contributed by atoms with E-state index in [-0.39, 0.29) is 18.8 Å². The highest BCUT2D eigenvalue weighted by atomic mass is 31.3. The van der Waals surface area contributed by atoms with E-state index >= 15 is 0 Å². The smallest absolute Gasteiger partial charge is 0.457 e. The van der Waals surface area contributed by atoms with Crippen molar-refractivity contribution in [2.24, 2.45) is 0 Å². The number of phosphoric ester groups is 2. The van der Waals surface area contributed by atoms with Crippen LogP contribution in [0.1, 0.15) is 174 Å². The predicted molar refractivity (Wildman–Crippen MR) is 224 cm³/mol. The minimum absolute atomic E-state index is 0.0837. The van der Waals surface area contributed by atoms with Crippen molar-refractivity contribution in [3.05, 3.63) is 22.7 Å². The quantitative estimate of drug-likeness (QED) is 0.0241. The Balaban J connectivity index is 1.81. The van der Waals surface area contributed by atoms with Crippen LogP contribution in [0.2, 0.25) is 0 Å². The number of hydrogen-bond acceptors (Lipinski definition) is 14. The lowest BCUT2D eigenvalue weighted by molar-refractivity contribution is -0.154. The van der Waals surface area contributed by atoms with Crippen LogP contribution in [0.15, 0.2) is 17.1 Å². The zero-order valence-corrected chi connectivity index (χ0v) is 37.4. The third-order valence-electron chi connectivity index (χ3n) is 10.2. The van der Waals surface area contributed by atoms with Crippen LogP contribution in [0.4, 0.5) is 5.82 Å². The van der Waals surface area contributed by atoms with Crippen LogP contribution in [0.5, 0.6) is 0 Å². The molecule has 1 aromatic heterocycles. The molecule has 2 rings (SSSR count). The highest BCUT2D eigenvalue weighted by Gasteiger charge is 2.46. The molecule has 7 atom stereocenters. The Bertz CT molecular complexity index is 1420. The van der Waals surface area contributed by atoms with E-state index in [1.165, 1.54) is 109 Å². The first-order valence-corrected chi connectivity index (χ1v) is 25.1. The Labute approximate surface area is 351 Å². The Kier molecular flexibility index (Phi) is 28.2. The molecule has 6 N–H and O–H groups in total. The summed E-state index contributed by atoms with van der Waals surface area (Å²) >= 11 is 0. The molecule has 0 spiro atoms. The number of hydrogen-bond donors (Lipinski definition) is 5. The van der Waals surface area contributed by atoms with Crippen molar-refractivity contribution < 1.29 is 61.5 Å². The summed E-state index contributed by atoms with van der Waals surface area (Å²) in [5, 5.41) is 20.8. The van der Waals surface area contributed by atoms with Gasteiger partial charge in [0.25, 0.3) is 0 Å². The number of unbranched alkanes of at least 4 members (excludes halogenated alkanes) is 21. The molecule has 2 heterocycles. The molecule has 0 amide bonds. The highest BCUT2D eigenvalue weighted by Crippen LogP contribution is 2.60. The summed E-state index contributed by atoms with van der Waals surface area (Å²) in [7, 11) is -10.6. The number of aliphatic hydroxyl groups excluding tert-OH is 2. The molecule has 0 aliphatic carbocycles. The number of esters is 1. The van der Waals surface area contributed by atoms with Gasteiger partial charge in [0.2, 0.25) is 0 Å². The van der Waals surface area contributed by atoms with E-state index in [1.54, 1.807) is 0 Å². The van der Waals surface area contributed by atoms with E-state index in [1.807, 2.05) is 0 Å². The molecule has 1 aliphatic rings. The van der Waals surface area contributed by atoms with Crippen LogP contribution in [0.25, 0.3) is 0 Å². The summed E-state index contributed by atoms with van der Waals surface area (Å²) in [5.41, 5.74) is 4.60. The number of aromatic nitrogens is 2. The average Bonchev–Trinajstić information content (AvgIpc) is 3.46. The fraction of sp³-hybridized carbons (Fsp3) is 0.875. The van der Waals surface area contributed by atoms with E-state index in [4.69, 9.17) is 29.0 Å². The minimum atomic E-state index is -5.34. The fourth-order valence-corrected chi connectivity index (χ4v) is 8.90. The molecule has 0 bridgehead atoms. The summed E-state index contributed by atoms with van der Waals surface area (Å²) in [6.07, 6.45) is 20.6. The Morgan fingerprint density at radius 3 is 1.78 bits per heavy atom. The van der Waals surface area contributed by atoms with Crippen molar-refractivity contribution in [3.63, 3.8) is 0 Å². The van der Waals surface area contributed by atoms with Gasteiger partial charge in [-0.1, -0.05) is 149 Å². The maximum absolute atomic E-state index is 12.8. The predicted octanol–water partition coefficient (Wildman–Crippen LogP) is 8.03. The number of nitrogen functional groups attached to an aromatic ring is 1. The number of ether oxygens (including phenoxy) is 3. The topological polar surface area (TPSA) is 248 Å². The monoisotopic (exact) mass is 883 g/mol. The first-order chi connectivity index (χ1) is 28.3. The number of carbonyl (C=O) groups excluding carboxylic acids is 1. The second kappa shape index (κ2) is 31.1. The summed E-state index contributed by atoms with van der Waals surface area (Å²) in [6, 6.07) is 1.26. The van der Waals surface area contributed by atoms with E-state index in [2.05, 4.69) is 23.1 Å². The van der Waals surface area contributed by atoms with Crippen molar-refractivity contribution >= 4 is 27.4 Å². The molecule has 0 saturated carbocycles. The first kappa shape index (κ1) is 53.4. The molecule has 0 aromatic carbocycles. The lowest BCUT2D eigenvalue weighted by Crippen LogP contribution is -2.36. The molecular weight excluding hydrogens is 808 g/mol. The first-order valence-electron chi connectivity index (χ1n) is 22.1. The van der Waals surface area contributed by atoms with Gasteiger partial charge in [-0.05, 0) is 18.9 Å². The number of phosphoric acid groups is 2. The van der Waals surface area contributed by atoms with Crippen LogP contribution >= 0.6 is 15.6 Å². The van der Waals surface area contributed by atoms with Crippen molar-refractivity contribution in [1.29, 1.82) is 0 Å².